The van der Waals surface area contributed by atoms with E-state index in [1.807, 2.05) is 6.92 Å². The third-order valence-corrected chi connectivity index (χ3v) is 2.57. The summed E-state index contributed by atoms with van der Waals surface area (Å²) < 4.78 is 4.67. The van der Waals surface area contributed by atoms with Crippen LogP contribution in [0, 0.1) is 0 Å². The first kappa shape index (κ1) is 12.0. The Bertz CT molecular complexity index is 243. The maximum Gasteiger partial charge on any atom is 0.328 e. The molecule has 0 aliphatic carbocycles. The second kappa shape index (κ2) is 5.70. The number of carbonyl (C=O) groups is 2. The van der Waals surface area contributed by atoms with Crippen molar-refractivity contribution in [2.75, 3.05) is 26.7 Å². The average molecular weight is 214 g/mol. The lowest BCUT2D eigenvalue weighted by Crippen LogP contribution is -2.44. The van der Waals surface area contributed by atoms with E-state index in [1.54, 1.807) is 4.90 Å². The lowest BCUT2D eigenvalue weighted by Gasteiger charge is -2.22. The predicted octanol–water partition coefficient (Wildman–Crippen LogP) is -0.240. The van der Waals surface area contributed by atoms with E-state index in [-0.39, 0.29) is 17.9 Å². The highest BCUT2D eigenvalue weighted by Gasteiger charge is 2.34. The lowest BCUT2D eigenvalue weighted by atomic mass is 10.2. The van der Waals surface area contributed by atoms with Crippen molar-refractivity contribution in [1.29, 1.82) is 0 Å². The zero-order valence-electron chi connectivity index (χ0n) is 9.28. The fourth-order valence-electron chi connectivity index (χ4n) is 1.78. The van der Waals surface area contributed by atoms with Crippen LogP contribution in [-0.2, 0) is 14.3 Å². The Kier molecular flexibility index (Phi) is 4.55. The van der Waals surface area contributed by atoms with Gasteiger partial charge >= 0.3 is 5.97 Å². The summed E-state index contributed by atoms with van der Waals surface area (Å²) in [5.41, 5.74) is 0. The SMILES string of the molecule is CCNCC(=O)N1CCCC1C(=O)OC. The normalized spacial score (nSPS) is 20.4. The van der Waals surface area contributed by atoms with Gasteiger partial charge in [-0.3, -0.25) is 4.79 Å². The highest BCUT2D eigenvalue weighted by molar-refractivity contribution is 5.86. The number of hydrogen-bond acceptors (Lipinski definition) is 4. The number of amides is 1. The maximum atomic E-state index is 11.7. The van der Waals surface area contributed by atoms with Gasteiger partial charge in [-0.05, 0) is 19.4 Å². The molecule has 15 heavy (non-hydrogen) atoms. The second-order valence-corrected chi connectivity index (χ2v) is 3.55. The fourth-order valence-corrected chi connectivity index (χ4v) is 1.78. The van der Waals surface area contributed by atoms with E-state index in [1.165, 1.54) is 7.11 Å². The molecule has 0 saturated carbocycles. The minimum absolute atomic E-state index is 0.0234. The number of methoxy groups -OCH3 is 1. The summed E-state index contributed by atoms with van der Waals surface area (Å²) in [4.78, 5) is 24.7. The Balaban J connectivity index is 2.52. The van der Waals surface area contributed by atoms with E-state index < -0.39 is 0 Å². The number of esters is 1. The van der Waals surface area contributed by atoms with Crippen LogP contribution in [0.2, 0.25) is 0 Å². The van der Waals surface area contributed by atoms with Crippen LogP contribution in [0.25, 0.3) is 0 Å². The Hall–Kier alpha value is -1.10. The summed E-state index contributed by atoms with van der Waals surface area (Å²) in [6, 6.07) is -0.374. The molecule has 0 bridgehead atoms. The van der Waals surface area contributed by atoms with Crippen LogP contribution >= 0.6 is 0 Å². The molecule has 5 nitrogen and oxygen atoms in total. The third-order valence-electron chi connectivity index (χ3n) is 2.57. The molecule has 0 aromatic heterocycles. The quantitative estimate of drug-likeness (QED) is 0.656. The van der Waals surface area contributed by atoms with Gasteiger partial charge < -0.3 is 15.0 Å². The molecular weight excluding hydrogens is 196 g/mol. The smallest absolute Gasteiger partial charge is 0.328 e. The zero-order valence-corrected chi connectivity index (χ0v) is 9.28. The molecule has 1 amide bonds. The molecule has 1 fully saturated rings. The van der Waals surface area contributed by atoms with Gasteiger partial charge in [0.15, 0.2) is 0 Å². The molecule has 1 aliphatic heterocycles. The Morgan fingerprint density at radius 2 is 2.27 bits per heavy atom. The van der Waals surface area contributed by atoms with Crippen molar-refractivity contribution in [2.45, 2.75) is 25.8 Å². The molecule has 0 aromatic rings. The van der Waals surface area contributed by atoms with Crippen LogP contribution in [-0.4, -0.2) is 49.6 Å². The van der Waals surface area contributed by atoms with Gasteiger partial charge in [-0.25, -0.2) is 4.79 Å². The van der Waals surface area contributed by atoms with Crippen LogP contribution in [0.4, 0.5) is 0 Å². The summed E-state index contributed by atoms with van der Waals surface area (Å²) >= 11 is 0. The van der Waals surface area contributed by atoms with Crippen molar-refractivity contribution < 1.29 is 14.3 Å². The largest absolute Gasteiger partial charge is 0.467 e. The minimum atomic E-state index is -0.374. The van der Waals surface area contributed by atoms with Gasteiger partial charge in [0.2, 0.25) is 5.91 Å². The predicted molar refractivity (Wildman–Crippen MR) is 55.3 cm³/mol. The minimum Gasteiger partial charge on any atom is -0.467 e. The van der Waals surface area contributed by atoms with E-state index in [0.717, 1.165) is 13.0 Å². The molecule has 1 aliphatic rings. The number of rotatable bonds is 4. The molecule has 1 rings (SSSR count). The van der Waals surface area contributed by atoms with Gasteiger partial charge in [-0.1, -0.05) is 6.92 Å². The molecule has 1 unspecified atom stereocenters. The summed E-state index contributed by atoms with van der Waals surface area (Å²) in [6.45, 7) is 3.64. The van der Waals surface area contributed by atoms with E-state index >= 15 is 0 Å². The van der Waals surface area contributed by atoms with E-state index in [9.17, 15) is 9.59 Å². The highest BCUT2D eigenvalue weighted by Crippen LogP contribution is 2.18. The van der Waals surface area contributed by atoms with Gasteiger partial charge in [-0.15, -0.1) is 0 Å². The van der Waals surface area contributed by atoms with Crippen LogP contribution in [0.5, 0.6) is 0 Å². The molecule has 86 valence electrons. The van der Waals surface area contributed by atoms with E-state index in [0.29, 0.717) is 19.5 Å². The summed E-state index contributed by atoms with van der Waals surface area (Å²) in [5, 5.41) is 2.96. The van der Waals surface area contributed by atoms with Gasteiger partial charge in [0.1, 0.15) is 6.04 Å². The number of hydrogen-bond donors (Lipinski definition) is 1. The molecule has 0 radical (unpaired) electrons. The summed E-state index contributed by atoms with van der Waals surface area (Å²) in [5.74, 6) is -0.331. The molecule has 1 atom stereocenters. The standard InChI is InChI=1S/C10H18N2O3/c1-3-11-7-9(13)12-6-4-5-8(12)10(14)15-2/h8,11H,3-7H2,1-2H3. The zero-order chi connectivity index (χ0) is 11.3. The van der Waals surface area contributed by atoms with Crippen molar-refractivity contribution in [3.05, 3.63) is 0 Å². The van der Waals surface area contributed by atoms with Crippen molar-refractivity contribution in [3.63, 3.8) is 0 Å². The fraction of sp³-hybridized carbons (Fsp3) is 0.800. The van der Waals surface area contributed by atoms with Crippen molar-refractivity contribution in [2.24, 2.45) is 0 Å². The molecule has 1 N–H and O–H groups in total. The summed E-state index contributed by atoms with van der Waals surface area (Å²) in [7, 11) is 1.35. The first-order valence-corrected chi connectivity index (χ1v) is 5.28. The van der Waals surface area contributed by atoms with E-state index in [2.05, 4.69) is 10.1 Å². The van der Waals surface area contributed by atoms with Crippen LogP contribution in [0.1, 0.15) is 19.8 Å². The van der Waals surface area contributed by atoms with Crippen LogP contribution in [0.15, 0.2) is 0 Å². The van der Waals surface area contributed by atoms with Crippen LogP contribution in [0.3, 0.4) is 0 Å². The van der Waals surface area contributed by atoms with Crippen molar-refractivity contribution in [1.82, 2.24) is 10.2 Å². The number of nitrogens with zero attached hydrogens (tertiary/aromatic N) is 1. The Morgan fingerprint density at radius 3 is 2.87 bits per heavy atom. The molecule has 5 heteroatoms. The van der Waals surface area contributed by atoms with E-state index in [4.69, 9.17) is 0 Å². The number of nitrogens with one attached hydrogen (secondary N) is 1. The van der Waals surface area contributed by atoms with Crippen LogP contribution < -0.4 is 5.32 Å². The lowest BCUT2D eigenvalue weighted by molar-refractivity contribution is -0.150. The maximum absolute atomic E-state index is 11.7. The number of likely N-dealkylation sites (N-methyl/N-ethyl adjacent to an activating group) is 1. The van der Waals surface area contributed by atoms with Gasteiger partial charge in [-0.2, -0.15) is 0 Å². The number of ether oxygens (including phenoxy) is 1. The Labute approximate surface area is 89.8 Å². The third kappa shape index (κ3) is 2.92. The van der Waals surface area contributed by atoms with Crippen molar-refractivity contribution in [3.8, 4) is 0 Å². The molecule has 0 aromatic carbocycles. The summed E-state index contributed by atoms with van der Waals surface area (Å²) in [6.07, 6.45) is 1.59. The Morgan fingerprint density at radius 1 is 1.53 bits per heavy atom. The average Bonchev–Trinajstić information content (AvgIpc) is 2.73. The molecule has 1 saturated heterocycles. The van der Waals surface area contributed by atoms with Gasteiger partial charge in [0.05, 0.1) is 13.7 Å². The second-order valence-electron chi connectivity index (χ2n) is 3.55. The van der Waals surface area contributed by atoms with Gasteiger partial charge in [0.25, 0.3) is 0 Å². The molecular formula is C10H18N2O3. The first-order valence-electron chi connectivity index (χ1n) is 5.28. The number of likely N-dealkylation sites (tertiary alicyclic amines) is 1. The molecule has 1 heterocycles. The first-order chi connectivity index (χ1) is 7.20. The topological polar surface area (TPSA) is 58.6 Å². The molecule has 0 spiro atoms. The monoisotopic (exact) mass is 214 g/mol. The number of carbonyl (C=O) groups excluding carboxylic acids is 2. The van der Waals surface area contributed by atoms with Gasteiger partial charge in [0, 0.05) is 6.54 Å². The highest BCUT2D eigenvalue weighted by atomic mass is 16.5. The van der Waals surface area contributed by atoms with Crippen molar-refractivity contribution >= 4 is 11.9 Å².